The monoisotopic (exact) mass is 469 g/mol. The normalized spacial score (nSPS) is 11.2. The highest BCUT2D eigenvalue weighted by molar-refractivity contribution is 14.2. The molecule has 3 rings (SSSR count). The minimum absolute atomic E-state index is 0.0658. The Morgan fingerprint density at radius 2 is 2.00 bits per heavy atom. The molecule has 1 N–H and O–H groups in total. The Morgan fingerprint density at radius 3 is 2.68 bits per heavy atom. The average molecular weight is 469 g/mol. The molecule has 0 radical (unpaired) electrons. The van der Waals surface area contributed by atoms with E-state index in [0.717, 1.165) is 16.5 Å². The fourth-order valence-electron chi connectivity index (χ4n) is 2.51. The Kier molecular flexibility index (Phi) is 5.62. The third-order valence-corrected chi connectivity index (χ3v) is 4.56. The zero-order chi connectivity index (χ0) is 17.8. The fourth-order valence-corrected chi connectivity index (χ4v) is 2.97. The van der Waals surface area contributed by atoms with Crippen LogP contribution < -0.4 is 5.48 Å². The molecule has 0 saturated heterocycles. The number of hydrogen-bond donors (Lipinski definition) is 1. The molecule has 3 aromatic rings. The van der Waals surface area contributed by atoms with Crippen LogP contribution in [-0.4, -0.2) is 15.4 Å². The number of amides is 1. The SMILES string of the molecule is O=C(NOPI)c1ccc2ccn(Cc3ccc([N+](=O)[O-])cc3)c2c1. The van der Waals surface area contributed by atoms with Gasteiger partial charge in [-0.25, -0.2) is 10.1 Å². The highest BCUT2D eigenvalue weighted by atomic mass is 127. The van der Waals surface area contributed by atoms with E-state index in [4.69, 9.17) is 4.62 Å². The van der Waals surface area contributed by atoms with E-state index in [9.17, 15) is 14.9 Å². The van der Waals surface area contributed by atoms with Crippen molar-refractivity contribution < 1.29 is 14.3 Å². The lowest BCUT2D eigenvalue weighted by Gasteiger charge is -2.08. The van der Waals surface area contributed by atoms with E-state index in [1.165, 1.54) is 12.1 Å². The molecule has 9 heteroatoms. The average Bonchev–Trinajstić information content (AvgIpc) is 3.02. The number of halogens is 1. The van der Waals surface area contributed by atoms with E-state index in [-0.39, 0.29) is 18.0 Å². The van der Waals surface area contributed by atoms with Gasteiger partial charge in [0.1, 0.15) is 6.45 Å². The van der Waals surface area contributed by atoms with E-state index in [0.29, 0.717) is 12.1 Å². The summed E-state index contributed by atoms with van der Waals surface area (Å²) in [7, 11) is 0. The number of aromatic nitrogens is 1. The number of benzene rings is 2. The second-order valence-electron chi connectivity index (χ2n) is 5.25. The molecule has 1 atom stereocenters. The van der Waals surface area contributed by atoms with Crippen LogP contribution in [0.1, 0.15) is 15.9 Å². The van der Waals surface area contributed by atoms with Crippen LogP contribution >= 0.6 is 28.5 Å². The Labute approximate surface area is 157 Å². The van der Waals surface area contributed by atoms with Gasteiger partial charge in [0.15, 0.2) is 0 Å². The number of nitrogens with one attached hydrogen (secondary N) is 1. The summed E-state index contributed by atoms with van der Waals surface area (Å²) in [6.07, 6.45) is 1.93. The number of hydroxylamine groups is 1. The molecular formula is C16H13IN3O4P. The van der Waals surface area contributed by atoms with Gasteiger partial charge in [-0.2, -0.15) is 0 Å². The van der Waals surface area contributed by atoms with Crippen LogP contribution in [0.25, 0.3) is 10.9 Å². The molecule has 1 unspecified atom stereocenters. The van der Waals surface area contributed by atoms with Gasteiger partial charge >= 0.3 is 0 Å². The van der Waals surface area contributed by atoms with Gasteiger partial charge in [-0.15, -0.1) is 0 Å². The molecule has 7 nitrogen and oxygen atoms in total. The van der Waals surface area contributed by atoms with Crippen molar-refractivity contribution in [3.8, 4) is 0 Å². The molecule has 2 aromatic carbocycles. The van der Waals surface area contributed by atoms with Crippen LogP contribution in [0.15, 0.2) is 54.7 Å². The minimum atomic E-state index is -0.419. The number of nitro groups is 1. The number of carbonyl (C=O) groups is 1. The molecule has 25 heavy (non-hydrogen) atoms. The van der Waals surface area contributed by atoms with Gasteiger partial charge in [-0.3, -0.25) is 14.9 Å². The number of non-ortho nitro benzene ring substituents is 1. The fraction of sp³-hybridized carbons (Fsp3) is 0.0625. The zero-order valence-electron chi connectivity index (χ0n) is 12.8. The summed E-state index contributed by atoms with van der Waals surface area (Å²) in [4.78, 5) is 22.3. The largest absolute Gasteiger partial charge is 0.343 e. The quantitative estimate of drug-likeness (QED) is 0.254. The number of nitro benzene ring substituents is 1. The van der Waals surface area contributed by atoms with Crippen LogP contribution in [0.3, 0.4) is 0 Å². The molecule has 0 aliphatic heterocycles. The van der Waals surface area contributed by atoms with E-state index in [1.54, 1.807) is 24.3 Å². The summed E-state index contributed by atoms with van der Waals surface area (Å²) in [6.45, 7) is 0.697. The molecule has 128 valence electrons. The summed E-state index contributed by atoms with van der Waals surface area (Å²) in [5, 5.41) is 11.7. The molecule has 0 aliphatic rings. The first-order chi connectivity index (χ1) is 12.1. The van der Waals surface area contributed by atoms with Crippen molar-refractivity contribution in [3.05, 3.63) is 76.0 Å². The minimum Gasteiger partial charge on any atom is -0.343 e. The van der Waals surface area contributed by atoms with Crippen molar-refractivity contribution in [2.45, 2.75) is 6.54 Å². The van der Waals surface area contributed by atoms with Crippen LogP contribution in [0, 0.1) is 10.1 Å². The summed E-state index contributed by atoms with van der Waals surface area (Å²) < 4.78 is 6.95. The number of nitrogens with zero attached hydrogens (tertiary/aromatic N) is 2. The van der Waals surface area contributed by atoms with E-state index < -0.39 is 4.92 Å². The van der Waals surface area contributed by atoms with Crippen LogP contribution in [0.5, 0.6) is 0 Å². The van der Waals surface area contributed by atoms with Crippen LogP contribution in [0.4, 0.5) is 5.69 Å². The molecule has 0 fully saturated rings. The van der Waals surface area contributed by atoms with Crippen molar-refractivity contribution in [2.24, 2.45) is 0 Å². The molecule has 0 spiro atoms. The van der Waals surface area contributed by atoms with Crippen molar-refractivity contribution in [3.63, 3.8) is 0 Å². The highest BCUT2D eigenvalue weighted by Gasteiger charge is 2.10. The molecule has 0 aliphatic carbocycles. The maximum atomic E-state index is 12.0. The Bertz CT molecular complexity index is 927. The summed E-state index contributed by atoms with van der Waals surface area (Å²) >= 11 is 2.02. The predicted octanol–water partition coefficient (Wildman–Crippen LogP) is 4.20. The molecule has 0 bridgehead atoms. The van der Waals surface area contributed by atoms with E-state index >= 15 is 0 Å². The third kappa shape index (κ3) is 4.15. The summed E-state index contributed by atoms with van der Waals surface area (Å²) in [5.74, 6) is -0.297. The predicted molar refractivity (Wildman–Crippen MR) is 105 cm³/mol. The number of fused-ring (bicyclic) bond motifs is 1. The van der Waals surface area contributed by atoms with Crippen molar-refractivity contribution in [1.82, 2.24) is 10.0 Å². The van der Waals surface area contributed by atoms with Gasteiger partial charge in [-0.05, 0) is 51.2 Å². The third-order valence-electron chi connectivity index (χ3n) is 3.72. The maximum Gasteiger partial charge on any atom is 0.275 e. The highest BCUT2D eigenvalue weighted by Crippen LogP contribution is 2.22. The van der Waals surface area contributed by atoms with E-state index in [2.05, 4.69) is 5.48 Å². The zero-order valence-corrected chi connectivity index (χ0v) is 16.0. The number of hydrogen-bond acceptors (Lipinski definition) is 4. The second kappa shape index (κ2) is 7.90. The Hall–Kier alpha value is -2.03. The molecular weight excluding hydrogens is 456 g/mol. The molecule has 1 amide bonds. The standard InChI is InChI=1S/C16H13IN3O4P/c17-25-24-18-16(21)13-4-3-12-7-8-19(15(12)9-13)10-11-1-5-14(6-2-11)20(22)23/h1-9,25H,10H2,(H,18,21). The lowest BCUT2D eigenvalue weighted by molar-refractivity contribution is -0.384. The summed E-state index contributed by atoms with van der Waals surface area (Å²) in [6, 6.07) is 13.8. The Balaban J connectivity index is 1.86. The van der Waals surface area contributed by atoms with Crippen molar-refractivity contribution in [1.29, 1.82) is 0 Å². The smallest absolute Gasteiger partial charge is 0.275 e. The van der Waals surface area contributed by atoms with Gasteiger partial charge in [0.2, 0.25) is 0 Å². The Morgan fingerprint density at radius 1 is 1.24 bits per heavy atom. The second-order valence-corrected chi connectivity index (χ2v) is 6.93. The summed E-state index contributed by atoms with van der Waals surface area (Å²) in [5.41, 5.74) is 4.80. The molecule has 1 aromatic heterocycles. The van der Waals surface area contributed by atoms with Crippen molar-refractivity contribution in [2.75, 3.05) is 0 Å². The van der Waals surface area contributed by atoms with Gasteiger partial charge in [-0.1, -0.05) is 18.2 Å². The molecule has 0 saturated carbocycles. The maximum absolute atomic E-state index is 12.0. The van der Waals surface area contributed by atoms with E-state index in [1.807, 2.05) is 44.9 Å². The number of rotatable bonds is 6. The first-order valence-corrected chi connectivity index (χ1v) is 11.2. The number of carbonyl (C=O) groups excluding carboxylic acids is 1. The van der Waals surface area contributed by atoms with Crippen molar-refractivity contribution >= 4 is 51.0 Å². The van der Waals surface area contributed by atoms with Gasteiger partial charge in [0.05, 0.1) is 4.92 Å². The molecule has 1 heterocycles. The lowest BCUT2D eigenvalue weighted by Crippen LogP contribution is -2.20. The topological polar surface area (TPSA) is 86.4 Å². The van der Waals surface area contributed by atoms with Crippen LogP contribution in [-0.2, 0) is 11.2 Å². The first-order valence-electron chi connectivity index (χ1n) is 7.22. The first kappa shape index (κ1) is 17.8. The van der Waals surface area contributed by atoms with Crippen LogP contribution in [0.2, 0.25) is 0 Å². The lowest BCUT2D eigenvalue weighted by atomic mass is 10.1. The van der Waals surface area contributed by atoms with Gasteiger partial charge in [0, 0.05) is 36.0 Å². The van der Waals surface area contributed by atoms with Gasteiger partial charge in [0.25, 0.3) is 11.6 Å². The van der Waals surface area contributed by atoms with Gasteiger partial charge < -0.3 is 4.57 Å².